The summed E-state index contributed by atoms with van der Waals surface area (Å²) in [5, 5.41) is 7.64. The highest BCUT2D eigenvalue weighted by atomic mass is 32.2. The highest BCUT2D eigenvalue weighted by molar-refractivity contribution is 7.92. The topological polar surface area (TPSA) is 193 Å². The Kier molecular flexibility index (Phi) is 7.99. The molecule has 0 bridgehead atoms. The molecular weight excluding hydrogens is 620 g/mol. The first-order valence-electron chi connectivity index (χ1n) is 14.4. The van der Waals surface area contributed by atoms with Crippen molar-refractivity contribution in [3.63, 3.8) is 0 Å². The fourth-order valence-electron chi connectivity index (χ4n) is 5.24. The summed E-state index contributed by atoms with van der Waals surface area (Å²) in [6.07, 6.45) is 6.90. The van der Waals surface area contributed by atoms with Crippen molar-refractivity contribution in [1.29, 1.82) is 0 Å². The van der Waals surface area contributed by atoms with Gasteiger partial charge in [-0.3, -0.25) is 28.5 Å². The SMILES string of the molecule is Cc1c(-c2cccc3nc([C@H](C)NC(=O)c4nc(-c5cncc(NS(C)(=O)=O)c5)cnc4N)n(-c4ccccc4)c(=O)c23)cnn1C. The number of rotatable bonds is 8. The molecule has 0 saturated carbocycles. The van der Waals surface area contributed by atoms with Crippen LogP contribution < -0.4 is 21.3 Å². The van der Waals surface area contributed by atoms with E-state index in [2.05, 4.69) is 30.1 Å². The highest BCUT2D eigenvalue weighted by Crippen LogP contribution is 2.30. The number of aryl methyl sites for hydroxylation is 1. The second-order valence-corrected chi connectivity index (χ2v) is 12.7. The van der Waals surface area contributed by atoms with E-state index in [1.165, 1.54) is 29.2 Å². The van der Waals surface area contributed by atoms with Crippen LogP contribution in [-0.4, -0.2) is 54.9 Å². The van der Waals surface area contributed by atoms with Crippen molar-refractivity contribution in [3.05, 3.63) is 107 Å². The van der Waals surface area contributed by atoms with Crippen molar-refractivity contribution in [2.24, 2.45) is 7.05 Å². The van der Waals surface area contributed by atoms with E-state index in [4.69, 9.17) is 10.7 Å². The molecule has 47 heavy (non-hydrogen) atoms. The number of hydrogen-bond donors (Lipinski definition) is 3. The molecule has 2 aromatic carbocycles. The lowest BCUT2D eigenvalue weighted by molar-refractivity contribution is 0.0933. The van der Waals surface area contributed by atoms with Gasteiger partial charge in [0.2, 0.25) is 10.0 Å². The third kappa shape index (κ3) is 6.15. The Morgan fingerprint density at radius 2 is 1.74 bits per heavy atom. The van der Waals surface area contributed by atoms with Crippen LogP contribution in [0, 0.1) is 6.92 Å². The zero-order valence-corrected chi connectivity index (χ0v) is 26.6. The van der Waals surface area contributed by atoms with Crippen molar-refractivity contribution < 1.29 is 13.2 Å². The molecule has 0 aliphatic heterocycles. The number of para-hydroxylation sites is 1. The predicted molar refractivity (Wildman–Crippen MR) is 178 cm³/mol. The molecule has 4 aromatic heterocycles. The molecular formula is C32H30N10O4S. The lowest BCUT2D eigenvalue weighted by atomic mass is 10.0. The molecule has 0 aliphatic carbocycles. The summed E-state index contributed by atoms with van der Waals surface area (Å²) in [6.45, 7) is 3.64. The Bertz CT molecular complexity index is 2340. The number of aromatic nitrogens is 7. The van der Waals surface area contributed by atoms with Gasteiger partial charge in [-0.15, -0.1) is 0 Å². The number of nitrogens with one attached hydrogen (secondary N) is 2. The van der Waals surface area contributed by atoms with Crippen molar-refractivity contribution in [1.82, 2.24) is 39.6 Å². The van der Waals surface area contributed by atoms with Gasteiger partial charge in [0.05, 0.1) is 58.9 Å². The maximum absolute atomic E-state index is 14.4. The third-order valence-corrected chi connectivity index (χ3v) is 8.16. The van der Waals surface area contributed by atoms with Crippen LogP contribution in [-0.2, 0) is 17.1 Å². The Morgan fingerprint density at radius 3 is 2.45 bits per heavy atom. The monoisotopic (exact) mass is 650 g/mol. The van der Waals surface area contributed by atoms with E-state index in [9.17, 15) is 18.0 Å². The Labute approximate surface area is 269 Å². The van der Waals surface area contributed by atoms with Crippen LogP contribution in [0.1, 0.15) is 35.0 Å². The van der Waals surface area contributed by atoms with E-state index in [-0.39, 0.29) is 34.3 Å². The minimum absolute atomic E-state index is 0.125. The second kappa shape index (κ2) is 12.1. The number of carbonyl (C=O) groups excluding carboxylic acids is 1. The number of sulfonamides is 1. The van der Waals surface area contributed by atoms with E-state index >= 15 is 0 Å². The molecule has 238 valence electrons. The highest BCUT2D eigenvalue weighted by Gasteiger charge is 2.24. The van der Waals surface area contributed by atoms with Gasteiger partial charge in [0, 0.05) is 35.6 Å². The van der Waals surface area contributed by atoms with Crippen molar-refractivity contribution in [2.75, 3.05) is 16.7 Å². The first-order valence-corrected chi connectivity index (χ1v) is 16.3. The smallest absolute Gasteiger partial charge is 0.274 e. The molecule has 1 amide bonds. The number of nitrogens with zero attached hydrogens (tertiary/aromatic N) is 7. The molecule has 1 atom stereocenters. The van der Waals surface area contributed by atoms with Gasteiger partial charge in [-0.1, -0.05) is 30.3 Å². The number of anilines is 2. The zero-order chi connectivity index (χ0) is 33.5. The molecule has 15 heteroatoms. The van der Waals surface area contributed by atoms with E-state index in [1.54, 1.807) is 36.0 Å². The third-order valence-electron chi connectivity index (χ3n) is 7.55. The molecule has 0 aliphatic rings. The number of amides is 1. The van der Waals surface area contributed by atoms with Crippen molar-refractivity contribution in [3.8, 4) is 28.1 Å². The van der Waals surface area contributed by atoms with Gasteiger partial charge < -0.3 is 11.1 Å². The second-order valence-electron chi connectivity index (χ2n) is 10.9. The first-order chi connectivity index (χ1) is 22.4. The molecule has 0 fully saturated rings. The summed E-state index contributed by atoms with van der Waals surface area (Å²) in [7, 11) is -1.71. The minimum atomic E-state index is -3.55. The summed E-state index contributed by atoms with van der Waals surface area (Å²) in [5.41, 5.74) is 9.88. The summed E-state index contributed by atoms with van der Waals surface area (Å²) < 4.78 is 29.0. The van der Waals surface area contributed by atoms with E-state index in [0.717, 1.165) is 17.5 Å². The van der Waals surface area contributed by atoms with E-state index in [1.807, 2.05) is 44.3 Å². The predicted octanol–water partition coefficient (Wildman–Crippen LogP) is 3.39. The van der Waals surface area contributed by atoms with E-state index in [0.29, 0.717) is 27.7 Å². The number of benzene rings is 2. The van der Waals surface area contributed by atoms with Gasteiger partial charge in [0.25, 0.3) is 11.5 Å². The molecule has 0 unspecified atom stereocenters. The number of hydrogen-bond acceptors (Lipinski definition) is 10. The maximum Gasteiger partial charge on any atom is 0.274 e. The summed E-state index contributed by atoms with van der Waals surface area (Å²) >= 11 is 0. The van der Waals surface area contributed by atoms with Crippen LogP contribution in [0.5, 0.6) is 0 Å². The Balaban J connectivity index is 1.41. The van der Waals surface area contributed by atoms with Crippen molar-refractivity contribution in [2.45, 2.75) is 19.9 Å². The van der Waals surface area contributed by atoms with Gasteiger partial charge in [-0.2, -0.15) is 5.10 Å². The fraction of sp³-hybridized carbons (Fsp3) is 0.156. The van der Waals surface area contributed by atoms with Crippen LogP contribution >= 0.6 is 0 Å². The molecule has 4 N–H and O–H groups in total. The van der Waals surface area contributed by atoms with Crippen LogP contribution in [0.15, 0.2) is 84.2 Å². The summed E-state index contributed by atoms with van der Waals surface area (Å²) in [5.74, 6) is -0.495. The molecule has 0 radical (unpaired) electrons. The summed E-state index contributed by atoms with van der Waals surface area (Å²) in [4.78, 5) is 45.5. The Hall–Kier alpha value is -5.96. The molecule has 0 saturated heterocycles. The van der Waals surface area contributed by atoms with Crippen LogP contribution in [0.3, 0.4) is 0 Å². The minimum Gasteiger partial charge on any atom is -0.382 e. The van der Waals surface area contributed by atoms with Crippen molar-refractivity contribution >= 4 is 38.3 Å². The average Bonchev–Trinajstić information content (AvgIpc) is 3.37. The molecule has 0 spiro atoms. The maximum atomic E-state index is 14.4. The number of nitrogens with two attached hydrogens (primary N) is 1. The first kappa shape index (κ1) is 31.0. The Morgan fingerprint density at radius 1 is 0.979 bits per heavy atom. The van der Waals surface area contributed by atoms with E-state index < -0.39 is 22.0 Å². The molecule has 14 nitrogen and oxygen atoms in total. The largest absolute Gasteiger partial charge is 0.382 e. The summed E-state index contributed by atoms with van der Waals surface area (Å²) in [6, 6.07) is 15.2. The number of pyridine rings is 1. The van der Waals surface area contributed by atoms with Gasteiger partial charge in [-0.25, -0.2) is 23.4 Å². The van der Waals surface area contributed by atoms with Gasteiger partial charge in [0.15, 0.2) is 11.5 Å². The van der Waals surface area contributed by atoms with Gasteiger partial charge in [0.1, 0.15) is 5.82 Å². The number of carbonyl (C=O) groups is 1. The normalized spacial score (nSPS) is 12.2. The molecule has 6 rings (SSSR count). The number of nitrogen functional groups attached to an aromatic ring is 1. The number of fused-ring (bicyclic) bond motifs is 1. The van der Waals surface area contributed by atoms with Gasteiger partial charge >= 0.3 is 0 Å². The lowest BCUT2D eigenvalue weighted by Gasteiger charge is -2.20. The lowest BCUT2D eigenvalue weighted by Crippen LogP contribution is -2.34. The molecule has 4 heterocycles. The average molecular weight is 651 g/mol. The van der Waals surface area contributed by atoms with Crippen LogP contribution in [0.4, 0.5) is 11.5 Å². The van der Waals surface area contributed by atoms with Crippen LogP contribution in [0.2, 0.25) is 0 Å². The quantitative estimate of drug-likeness (QED) is 0.220. The fourth-order valence-corrected chi connectivity index (χ4v) is 5.78. The van der Waals surface area contributed by atoms with Crippen LogP contribution in [0.25, 0.3) is 39.0 Å². The molecule has 6 aromatic rings. The van der Waals surface area contributed by atoms with Gasteiger partial charge in [-0.05, 0) is 38.1 Å². The standard InChI is InChI=1S/C32H30N10O4S/c1-18(37-31(43)28-29(33)35-17-26(38-28)20-13-21(15-34-14-20)40-47(4,45)46)30-39-25-12-8-11-23(24-16-36-41(3)19(24)2)27(25)32(44)42(30)22-9-6-5-7-10-22/h5-18,40H,1-4H3,(H2,33,35)(H,37,43)/t18-/m0/s1. The zero-order valence-electron chi connectivity index (χ0n) is 25.8.